The van der Waals surface area contributed by atoms with E-state index < -0.39 is 5.72 Å². The Morgan fingerprint density at radius 2 is 2.19 bits per heavy atom. The highest BCUT2D eigenvalue weighted by Gasteiger charge is 2.54. The molecule has 1 fully saturated rings. The highest BCUT2D eigenvalue weighted by atomic mass is 32.2. The lowest BCUT2D eigenvalue weighted by molar-refractivity contribution is -0.552. The molecule has 0 radical (unpaired) electrons. The van der Waals surface area contributed by atoms with Crippen LogP contribution >= 0.6 is 11.8 Å². The molecule has 1 saturated heterocycles. The zero-order valence-electron chi connectivity index (χ0n) is 12.4. The van der Waals surface area contributed by atoms with Crippen molar-refractivity contribution in [1.29, 1.82) is 0 Å². The molecule has 4 nitrogen and oxygen atoms in total. The number of aliphatic hydroxyl groups is 1. The maximum absolute atomic E-state index is 11.3. The Labute approximate surface area is 130 Å². The largest absolute Gasteiger partial charge is 0.349 e. The summed E-state index contributed by atoms with van der Waals surface area (Å²) < 4.78 is 2.28. The van der Waals surface area contributed by atoms with Crippen molar-refractivity contribution in [2.75, 3.05) is 32.2 Å². The number of hydrogen-bond donors (Lipinski definition) is 1. The van der Waals surface area contributed by atoms with Gasteiger partial charge in [0, 0.05) is 12.1 Å². The molecule has 2 aliphatic rings. The van der Waals surface area contributed by atoms with E-state index in [1.165, 1.54) is 0 Å². The third kappa shape index (κ3) is 2.50. The smallest absolute Gasteiger partial charge is 0.313 e. The van der Waals surface area contributed by atoms with Crippen LogP contribution in [-0.2, 0) is 5.72 Å². The lowest BCUT2D eigenvalue weighted by atomic mass is 10.0. The minimum Gasteiger partial charge on any atom is -0.349 e. The number of hydrogen-bond acceptors (Lipinski definition) is 4. The van der Waals surface area contributed by atoms with Crippen LogP contribution in [0.3, 0.4) is 0 Å². The Balaban J connectivity index is 2.00. The molecular weight excluding hydrogens is 282 g/mol. The molecule has 1 N–H and O–H groups in total. The van der Waals surface area contributed by atoms with Crippen molar-refractivity contribution in [2.24, 2.45) is 0 Å². The van der Waals surface area contributed by atoms with Crippen molar-refractivity contribution in [2.45, 2.75) is 12.6 Å². The van der Waals surface area contributed by atoms with Gasteiger partial charge in [0.2, 0.25) is 5.72 Å². The van der Waals surface area contributed by atoms with E-state index in [0.29, 0.717) is 5.75 Å². The summed E-state index contributed by atoms with van der Waals surface area (Å²) in [6.07, 6.45) is 1.92. The number of rotatable bonds is 4. The Morgan fingerprint density at radius 1 is 1.43 bits per heavy atom. The van der Waals surface area contributed by atoms with Gasteiger partial charge >= 0.3 is 5.17 Å². The summed E-state index contributed by atoms with van der Waals surface area (Å²) in [7, 11) is 0. The second-order valence-electron chi connectivity index (χ2n) is 5.46. The first-order valence-electron chi connectivity index (χ1n) is 7.32. The molecule has 0 saturated carbocycles. The number of fused-ring (bicyclic) bond motifs is 1. The molecule has 0 amide bonds. The van der Waals surface area contributed by atoms with Gasteiger partial charge in [-0.3, -0.25) is 0 Å². The van der Waals surface area contributed by atoms with E-state index >= 15 is 0 Å². The summed E-state index contributed by atoms with van der Waals surface area (Å²) in [4.78, 5) is 4.45. The van der Waals surface area contributed by atoms with Gasteiger partial charge in [-0.2, -0.15) is 0 Å². The van der Waals surface area contributed by atoms with Crippen LogP contribution in [0.25, 0.3) is 0 Å². The molecule has 112 valence electrons. The zero-order valence-corrected chi connectivity index (χ0v) is 13.2. The normalized spacial score (nSPS) is 26.1. The molecule has 0 bridgehead atoms. The summed E-state index contributed by atoms with van der Waals surface area (Å²) in [5, 5.41) is 12.4. The fraction of sp³-hybridized carbons (Fsp3) is 0.438. The van der Waals surface area contributed by atoms with Crippen LogP contribution in [-0.4, -0.2) is 56.8 Å². The van der Waals surface area contributed by atoms with Gasteiger partial charge in [-0.25, -0.2) is 14.4 Å². The predicted octanol–water partition coefficient (Wildman–Crippen LogP) is 1.69. The monoisotopic (exact) mass is 304 g/mol. The quantitative estimate of drug-likeness (QED) is 0.677. The molecule has 3 rings (SSSR count). The maximum Gasteiger partial charge on any atom is 0.313 e. The predicted molar refractivity (Wildman–Crippen MR) is 87.1 cm³/mol. The molecule has 21 heavy (non-hydrogen) atoms. The van der Waals surface area contributed by atoms with E-state index in [2.05, 4.69) is 27.9 Å². The lowest BCUT2D eigenvalue weighted by Gasteiger charge is -2.36. The number of amidine groups is 1. The first kappa shape index (κ1) is 14.6. The van der Waals surface area contributed by atoms with E-state index in [1.54, 1.807) is 11.8 Å². The van der Waals surface area contributed by atoms with Crippen LogP contribution in [0.15, 0.2) is 43.0 Å². The molecule has 0 aliphatic carbocycles. The van der Waals surface area contributed by atoms with Crippen LogP contribution in [0.2, 0.25) is 0 Å². The summed E-state index contributed by atoms with van der Waals surface area (Å²) in [5.74, 6) is 0.664. The highest BCUT2D eigenvalue weighted by molar-refractivity contribution is 8.13. The maximum atomic E-state index is 11.3. The van der Waals surface area contributed by atoms with Crippen LogP contribution in [0.5, 0.6) is 0 Å². The fourth-order valence-electron chi connectivity index (χ4n) is 2.90. The first-order valence-corrected chi connectivity index (χ1v) is 8.31. The average molecular weight is 304 g/mol. The molecule has 0 spiro atoms. The topological polar surface area (TPSA) is 29.7 Å². The summed E-state index contributed by atoms with van der Waals surface area (Å²) in [5.41, 5.74) is 0.0399. The van der Waals surface area contributed by atoms with Crippen LogP contribution in [0, 0.1) is 0 Å². The third-order valence-electron chi connectivity index (χ3n) is 4.10. The minimum absolute atomic E-state index is 0.664. The standard InChI is InChI=1S/C16H22N3OS/c1-3-10-18-12-17(4-2)13-19-15(18)21-11-16(19,20)14-8-6-5-7-9-14/h3,5-9,20H,1,4,10-13H2,2H3/q+1. The van der Waals surface area contributed by atoms with Gasteiger partial charge in [0.25, 0.3) is 0 Å². The van der Waals surface area contributed by atoms with Crippen molar-refractivity contribution in [3.05, 3.63) is 48.6 Å². The van der Waals surface area contributed by atoms with Crippen LogP contribution < -0.4 is 0 Å². The summed E-state index contributed by atoms with van der Waals surface area (Å²) in [6.45, 7) is 9.43. The second-order valence-corrected chi connectivity index (χ2v) is 6.41. The van der Waals surface area contributed by atoms with E-state index in [9.17, 15) is 5.11 Å². The first-order chi connectivity index (χ1) is 10.2. The number of benzene rings is 1. The van der Waals surface area contributed by atoms with Crippen molar-refractivity contribution in [3.63, 3.8) is 0 Å². The molecule has 2 heterocycles. The average Bonchev–Trinajstić information content (AvgIpc) is 2.87. The van der Waals surface area contributed by atoms with Gasteiger partial charge < -0.3 is 5.11 Å². The molecule has 0 aromatic heterocycles. The van der Waals surface area contributed by atoms with Crippen molar-refractivity contribution >= 4 is 16.9 Å². The third-order valence-corrected chi connectivity index (χ3v) is 5.38. The molecule has 1 atom stereocenters. The van der Waals surface area contributed by atoms with E-state index in [0.717, 1.165) is 37.2 Å². The Kier molecular flexibility index (Phi) is 4.06. The lowest BCUT2D eigenvalue weighted by Crippen LogP contribution is -2.57. The number of nitrogens with zero attached hydrogens (tertiary/aromatic N) is 3. The SMILES string of the molecule is C=CC[N+]1=C2SCC(O)(c3ccccc3)N2CN(CC)C1. The van der Waals surface area contributed by atoms with Gasteiger partial charge in [0.1, 0.15) is 19.9 Å². The van der Waals surface area contributed by atoms with Crippen LogP contribution in [0.1, 0.15) is 12.5 Å². The molecule has 5 heteroatoms. The summed E-state index contributed by atoms with van der Waals surface area (Å²) >= 11 is 1.73. The molecular formula is C16H22N3OS+. The molecule has 1 aromatic carbocycles. The molecule has 1 aromatic rings. The number of thioether (sulfide) groups is 1. The summed E-state index contributed by atoms with van der Waals surface area (Å²) in [6, 6.07) is 9.97. The Hall–Kier alpha value is -1.30. The minimum atomic E-state index is -0.922. The van der Waals surface area contributed by atoms with Gasteiger partial charge in [0.05, 0.1) is 5.75 Å². The van der Waals surface area contributed by atoms with Crippen molar-refractivity contribution < 1.29 is 9.68 Å². The van der Waals surface area contributed by atoms with Gasteiger partial charge in [-0.1, -0.05) is 49.9 Å². The van der Waals surface area contributed by atoms with Crippen LogP contribution in [0.4, 0.5) is 0 Å². The van der Waals surface area contributed by atoms with E-state index in [1.807, 2.05) is 36.4 Å². The zero-order chi connectivity index (χ0) is 14.9. The van der Waals surface area contributed by atoms with Crippen molar-refractivity contribution in [1.82, 2.24) is 9.80 Å². The highest BCUT2D eigenvalue weighted by Crippen LogP contribution is 2.40. The van der Waals surface area contributed by atoms with E-state index in [4.69, 9.17) is 0 Å². The van der Waals surface area contributed by atoms with E-state index in [-0.39, 0.29) is 0 Å². The van der Waals surface area contributed by atoms with Gasteiger partial charge in [-0.15, -0.1) is 0 Å². The Morgan fingerprint density at radius 3 is 2.86 bits per heavy atom. The molecule has 1 unspecified atom stereocenters. The van der Waals surface area contributed by atoms with Crippen molar-refractivity contribution in [3.8, 4) is 0 Å². The molecule has 2 aliphatic heterocycles. The Bertz CT molecular complexity index is 560. The van der Waals surface area contributed by atoms with Gasteiger partial charge in [0.15, 0.2) is 0 Å². The van der Waals surface area contributed by atoms with Gasteiger partial charge in [-0.05, 0) is 11.8 Å². The second kappa shape index (κ2) is 5.83. The fourth-order valence-corrected chi connectivity index (χ4v) is 4.23.